The second kappa shape index (κ2) is 12.5. The first-order valence-corrected chi connectivity index (χ1v) is 15.4. The maximum absolute atomic E-state index is 13.9. The van der Waals surface area contributed by atoms with Gasteiger partial charge >= 0.3 is 0 Å². The van der Waals surface area contributed by atoms with Crippen LogP contribution in [0.5, 0.6) is 5.75 Å². The lowest BCUT2D eigenvalue weighted by Gasteiger charge is -2.37. The number of allylic oxidation sites excluding steroid dienone is 2. The van der Waals surface area contributed by atoms with Gasteiger partial charge in [0, 0.05) is 44.6 Å². The molecule has 2 aliphatic heterocycles. The minimum Gasteiger partial charge on any atom is -0.489 e. The highest BCUT2D eigenvalue weighted by atomic mass is 16.5. The van der Waals surface area contributed by atoms with Gasteiger partial charge in [0.05, 0.1) is 23.6 Å². The highest BCUT2D eigenvalue weighted by Crippen LogP contribution is 2.49. The summed E-state index contributed by atoms with van der Waals surface area (Å²) in [5, 5.41) is 0. The van der Waals surface area contributed by atoms with Crippen LogP contribution in [0, 0.1) is 11.8 Å². The molecule has 3 aliphatic rings. The molecule has 3 aromatic rings. The van der Waals surface area contributed by atoms with Crippen molar-refractivity contribution >= 4 is 17.5 Å². The van der Waals surface area contributed by atoms with Crippen LogP contribution >= 0.6 is 0 Å². The fourth-order valence-electron chi connectivity index (χ4n) is 6.95. The molecule has 6 heteroatoms. The highest BCUT2D eigenvalue weighted by Gasteiger charge is 2.54. The van der Waals surface area contributed by atoms with E-state index < -0.39 is 0 Å². The van der Waals surface area contributed by atoms with Gasteiger partial charge in [-0.3, -0.25) is 19.4 Å². The van der Waals surface area contributed by atoms with E-state index in [0.29, 0.717) is 6.54 Å². The molecule has 4 unspecified atom stereocenters. The molecule has 2 heterocycles. The monoisotopic (exact) mass is 563 g/mol. The third-order valence-corrected chi connectivity index (χ3v) is 8.95. The molecular weight excluding hydrogens is 522 g/mol. The molecule has 0 radical (unpaired) electrons. The lowest BCUT2D eigenvalue weighted by atomic mass is 9.68. The number of carbonyl (C=O) groups excluding carboxylic acids is 2. The number of rotatable bonds is 9. The number of hydrogen-bond acceptors (Lipinski definition) is 5. The number of likely N-dealkylation sites (tertiary alicyclic amines) is 1. The van der Waals surface area contributed by atoms with Crippen LogP contribution in [-0.2, 0) is 9.59 Å². The van der Waals surface area contributed by atoms with Gasteiger partial charge < -0.3 is 9.64 Å². The number of hydrogen-bond donors (Lipinski definition) is 0. The average Bonchev–Trinajstić information content (AvgIpc) is 3.27. The first-order valence-electron chi connectivity index (χ1n) is 15.4. The molecule has 6 nitrogen and oxygen atoms in total. The van der Waals surface area contributed by atoms with Crippen molar-refractivity contribution in [3.63, 3.8) is 0 Å². The van der Waals surface area contributed by atoms with Gasteiger partial charge in [-0.2, -0.15) is 0 Å². The molecule has 4 atom stereocenters. The predicted octanol–water partition coefficient (Wildman–Crippen LogP) is 5.72. The van der Waals surface area contributed by atoms with Gasteiger partial charge in [-0.25, -0.2) is 0 Å². The van der Waals surface area contributed by atoms with E-state index in [1.165, 1.54) is 0 Å². The van der Waals surface area contributed by atoms with Crippen molar-refractivity contribution in [2.75, 3.05) is 44.2 Å². The SMILES string of the molecule is CC(C)Oc1ccccc1N1CCN(CCCN2C(=O)C3C(c4ccccc4)C=CC(c4ccccc4)C3C2=O)CC1. The maximum Gasteiger partial charge on any atom is 0.234 e. The predicted molar refractivity (Wildman–Crippen MR) is 167 cm³/mol. The minimum atomic E-state index is -0.369. The van der Waals surface area contributed by atoms with Gasteiger partial charge in [-0.1, -0.05) is 84.9 Å². The molecule has 42 heavy (non-hydrogen) atoms. The number of piperazine rings is 1. The lowest BCUT2D eigenvalue weighted by Crippen LogP contribution is -2.47. The molecule has 2 saturated heterocycles. The smallest absolute Gasteiger partial charge is 0.234 e. The van der Waals surface area contributed by atoms with E-state index >= 15 is 0 Å². The summed E-state index contributed by atoms with van der Waals surface area (Å²) in [6, 6.07) is 28.6. The van der Waals surface area contributed by atoms with E-state index in [4.69, 9.17) is 4.74 Å². The van der Waals surface area contributed by atoms with Gasteiger partial charge in [-0.05, 0) is 50.1 Å². The fourth-order valence-corrected chi connectivity index (χ4v) is 6.95. The number of ether oxygens (including phenoxy) is 1. The first-order chi connectivity index (χ1) is 20.5. The number of amides is 2. The molecule has 2 amide bonds. The van der Waals surface area contributed by atoms with Crippen molar-refractivity contribution in [2.24, 2.45) is 11.8 Å². The molecule has 1 aliphatic carbocycles. The van der Waals surface area contributed by atoms with E-state index in [2.05, 4.69) is 72.2 Å². The molecule has 218 valence electrons. The van der Waals surface area contributed by atoms with Crippen molar-refractivity contribution < 1.29 is 14.3 Å². The topological polar surface area (TPSA) is 53.1 Å². The van der Waals surface area contributed by atoms with E-state index in [-0.39, 0.29) is 41.6 Å². The molecule has 0 N–H and O–H groups in total. The normalized spacial score (nSPS) is 24.4. The molecule has 6 rings (SSSR count). The Morgan fingerprint density at radius 1 is 0.690 bits per heavy atom. The van der Waals surface area contributed by atoms with Gasteiger partial charge in [0.2, 0.25) is 11.8 Å². The van der Waals surface area contributed by atoms with Crippen LogP contribution in [0.1, 0.15) is 43.2 Å². The summed E-state index contributed by atoms with van der Waals surface area (Å²) < 4.78 is 6.05. The molecule has 0 saturated carbocycles. The third-order valence-electron chi connectivity index (χ3n) is 8.95. The summed E-state index contributed by atoms with van der Waals surface area (Å²) >= 11 is 0. The Balaban J connectivity index is 1.10. The van der Waals surface area contributed by atoms with Crippen molar-refractivity contribution in [2.45, 2.75) is 38.2 Å². The number of benzene rings is 3. The quantitative estimate of drug-likeness (QED) is 0.246. The second-order valence-corrected chi connectivity index (χ2v) is 12.0. The Morgan fingerprint density at radius 3 is 1.76 bits per heavy atom. The van der Waals surface area contributed by atoms with Crippen molar-refractivity contribution in [1.82, 2.24) is 9.80 Å². The zero-order valence-electron chi connectivity index (χ0n) is 24.6. The van der Waals surface area contributed by atoms with Crippen molar-refractivity contribution in [3.05, 3.63) is 108 Å². The van der Waals surface area contributed by atoms with Crippen LogP contribution in [0.15, 0.2) is 97.1 Å². The van der Waals surface area contributed by atoms with Crippen LogP contribution in [-0.4, -0.2) is 67.0 Å². The number of fused-ring (bicyclic) bond motifs is 1. The van der Waals surface area contributed by atoms with E-state index in [9.17, 15) is 9.59 Å². The van der Waals surface area contributed by atoms with Crippen LogP contribution in [0.3, 0.4) is 0 Å². The summed E-state index contributed by atoms with van der Waals surface area (Å²) in [6.45, 7) is 9.18. The third kappa shape index (κ3) is 5.73. The summed E-state index contributed by atoms with van der Waals surface area (Å²) in [6.07, 6.45) is 5.23. The summed E-state index contributed by atoms with van der Waals surface area (Å²) in [5.41, 5.74) is 3.34. The number of carbonyl (C=O) groups is 2. The fraction of sp³-hybridized carbons (Fsp3) is 0.389. The molecular formula is C36H41N3O3. The van der Waals surface area contributed by atoms with Crippen LogP contribution in [0.25, 0.3) is 0 Å². The largest absolute Gasteiger partial charge is 0.489 e. The Bertz CT molecular complexity index is 1330. The van der Waals surface area contributed by atoms with Gasteiger partial charge in [0.15, 0.2) is 0 Å². The second-order valence-electron chi connectivity index (χ2n) is 12.0. The number of anilines is 1. The zero-order valence-corrected chi connectivity index (χ0v) is 24.6. The highest BCUT2D eigenvalue weighted by molar-refractivity contribution is 6.06. The molecule has 0 spiro atoms. The summed E-state index contributed by atoms with van der Waals surface area (Å²) in [4.78, 5) is 34.3. The van der Waals surface area contributed by atoms with Crippen LogP contribution in [0.2, 0.25) is 0 Å². The van der Waals surface area contributed by atoms with Crippen LogP contribution < -0.4 is 9.64 Å². The van der Waals surface area contributed by atoms with E-state index in [0.717, 1.165) is 61.7 Å². The first kappa shape index (κ1) is 28.2. The maximum atomic E-state index is 13.9. The van der Waals surface area contributed by atoms with Gasteiger partial charge in [0.25, 0.3) is 0 Å². The van der Waals surface area contributed by atoms with E-state index in [1.54, 1.807) is 4.90 Å². The van der Waals surface area contributed by atoms with Gasteiger partial charge in [-0.15, -0.1) is 0 Å². The van der Waals surface area contributed by atoms with Gasteiger partial charge in [0.1, 0.15) is 5.75 Å². The standard InChI is InChI=1S/C36H41N3O3/c1-26(2)42-32-17-10-9-16-31(32)38-24-22-37(23-25-38)20-11-21-39-35(40)33-29(27-12-5-3-6-13-27)18-19-30(34(33)36(39)41)28-14-7-4-8-15-28/h3-10,12-19,26,29-30,33-34H,11,20-25H2,1-2H3. The van der Waals surface area contributed by atoms with Crippen LogP contribution in [0.4, 0.5) is 5.69 Å². The molecule has 0 aromatic heterocycles. The van der Waals surface area contributed by atoms with Crippen molar-refractivity contribution in [1.29, 1.82) is 0 Å². The zero-order chi connectivity index (χ0) is 29.1. The molecule has 3 aromatic carbocycles. The Labute approximate surface area is 249 Å². The number of nitrogens with zero attached hydrogens (tertiary/aromatic N) is 3. The molecule has 2 fully saturated rings. The Kier molecular flexibility index (Phi) is 8.43. The Hall–Kier alpha value is -3.90. The number of imide groups is 1. The average molecular weight is 564 g/mol. The summed E-state index contributed by atoms with van der Waals surface area (Å²) in [5.74, 6) is -0.0166. The number of para-hydroxylation sites is 2. The lowest BCUT2D eigenvalue weighted by molar-refractivity contribution is -0.140. The summed E-state index contributed by atoms with van der Waals surface area (Å²) in [7, 11) is 0. The Morgan fingerprint density at radius 2 is 1.21 bits per heavy atom. The molecule has 0 bridgehead atoms. The van der Waals surface area contributed by atoms with Crippen molar-refractivity contribution in [3.8, 4) is 5.75 Å². The van der Waals surface area contributed by atoms with E-state index in [1.807, 2.05) is 48.5 Å². The minimum absolute atomic E-state index is 0.0179.